The van der Waals surface area contributed by atoms with Crippen molar-refractivity contribution in [2.45, 2.75) is 0 Å². The number of fused-ring (bicyclic) bond motifs is 6. The van der Waals surface area contributed by atoms with Crippen LogP contribution < -0.4 is 0 Å². The first kappa shape index (κ1) is 32.6. The number of nitrogens with zero attached hydrogens (tertiary/aromatic N) is 3. The molecule has 3 aromatic heterocycles. The van der Waals surface area contributed by atoms with E-state index in [4.69, 9.17) is 15.0 Å². The summed E-state index contributed by atoms with van der Waals surface area (Å²) in [6.07, 6.45) is 0. The second-order valence-electron chi connectivity index (χ2n) is 14.0. The summed E-state index contributed by atoms with van der Waals surface area (Å²) in [5, 5.41) is 5.12. The largest absolute Gasteiger partial charge is 0.208 e. The zero-order chi connectivity index (χ0) is 37.0. The molecule has 3 heterocycles. The van der Waals surface area contributed by atoms with Gasteiger partial charge in [-0.1, -0.05) is 164 Å². The molecule has 0 atom stereocenters. The maximum Gasteiger partial charge on any atom is 0.164 e. The van der Waals surface area contributed by atoms with Gasteiger partial charge in [0.25, 0.3) is 0 Å². The summed E-state index contributed by atoms with van der Waals surface area (Å²) in [4.78, 5) is 15.2. The van der Waals surface area contributed by atoms with Gasteiger partial charge in [-0.05, 0) is 52.1 Å². The SMILES string of the molecule is c1ccc(-c2cccc(-c3nc(-c4ccccc4)nc(-c4ccc5c(c4)sc4cc(-c6ccccc6-c6cccc7c6sc6ccccc67)ccc45)n3)c2)cc1. The van der Waals surface area contributed by atoms with Gasteiger partial charge in [-0.15, -0.1) is 22.7 Å². The molecule has 0 bridgehead atoms. The van der Waals surface area contributed by atoms with Gasteiger partial charge in [-0.3, -0.25) is 0 Å². The zero-order valence-corrected chi connectivity index (χ0v) is 31.7. The zero-order valence-electron chi connectivity index (χ0n) is 30.1. The molecule has 0 unspecified atom stereocenters. The van der Waals surface area contributed by atoms with Crippen LogP contribution in [0.5, 0.6) is 0 Å². The van der Waals surface area contributed by atoms with Crippen molar-refractivity contribution < 1.29 is 0 Å². The van der Waals surface area contributed by atoms with E-state index in [2.05, 4.69) is 164 Å². The third-order valence-electron chi connectivity index (χ3n) is 10.6. The predicted octanol–water partition coefficient (Wildman–Crippen LogP) is 14.6. The lowest BCUT2D eigenvalue weighted by Gasteiger charge is -2.11. The van der Waals surface area contributed by atoms with E-state index in [1.807, 2.05) is 46.9 Å². The summed E-state index contributed by atoms with van der Waals surface area (Å²) < 4.78 is 5.11. The smallest absolute Gasteiger partial charge is 0.164 e. The van der Waals surface area contributed by atoms with Crippen molar-refractivity contribution in [3.8, 4) is 67.5 Å². The van der Waals surface area contributed by atoms with Gasteiger partial charge >= 0.3 is 0 Å². The second kappa shape index (κ2) is 13.5. The summed E-state index contributed by atoms with van der Waals surface area (Å²) in [6.45, 7) is 0. The van der Waals surface area contributed by atoms with Crippen LogP contribution in [0.25, 0.3) is 108 Å². The number of benzene rings is 8. The van der Waals surface area contributed by atoms with Crippen LogP contribution in [-0.4, -0.2) is 15.0 Å². The Morgan fingerprint density at radius 1 is 0.268 bits per heavy atom. The third-order valence-corrected chi connectivity index (χ3v) is 12.9. The fourth-order valence-corrected chi connectivity index (χ4v) is 10.2. The Morgan fingerprint density at radius 2 is 0.768 bits per heavy atom. The van der Waals surface area contributed by atoms with Gasteiger partial charge in [0.15, 0.2) is 17.5 Å². The predicted molar refractivity (Wildman–Crippen MR) is 238 cm³/mol. The average molecular weight is 750 g/mol. The van der Waals surface area contributed by atoms with Crippen LogP contribution in [0.4, 0.5) is 0 Å². The van der Waals surface area contributed by atoms with Crippen molar-refractivity contribution in [2.75, 3.05) is 0 Å². The Labute approximate surface area is 331 Å². The lowest BCUT2D eigenvalue weighted by molar-refractivity contribution is 1.07. The van der Waals surface area contributed by atoms with E-state index in [9.17, 15) is 0 Å². The molecule has 0 aliphatic carbocycles. The topological polar surface area (TPSA) is 38.7 Å². The Morgan fingerprint density at radius 3 is 1.54 bits per heavy atom. The molecule has 262 valence electrons. The molecule has 11 rings (SSSR count). The van der Waals surface area contributed by atoms with Gasteiger partial charge in [0.05, 0.1) is 0 Å². The van der Waals surface area contributed by atoms with Gasteiger partial charge in [0.2, 0.25) is 0 Å². The van der Waals surface area contributed by atoms with Gasteiger partial charge in [-0.25, -0.2) is 15.0 Å². The molecule has 11 aromatic rings. The van der Waals surface area contributed by atoms with Crippen LogP contribution in [0.15, 0.2) is 188 Å². The van der Waals surface area contributed by atoms with E-state index in [0.717, 1.165) is 27.8 Å². The molecule has 0 aliphatic heterocycles. The molecule has 8 aromatic carbocycles. The summed E-state index contributed by atoms with van der Waals surface area (Å²) >= 11 is 3.70. The number of aromatic nitrogens is 3. The van der Waals surface area contributed by atoms with Crippen LogP contribution in [0.1, 0.15) is 0 Å². The van der Waals surface area contributed by atoms with E-state index >= 15 is 0 Å². The minimum atomic E-state index is 0.651. The van der Waals surface area contributed by atoms with Gasteiger partial charge in [0.1, 0.15) is 0 Å². The molecule has 0 N–H and O–H groups in total. The number of rotatable bonds is 6. The Bertz CT molecular complexity index is 3250. The van der Waals surface area contributed by atoms with E-state index in [1.165, 1.54) is 62.6 Å². The highest BCUT2D eigenvalue weighted by Gasteiger charge is 2.17. The molecule has 0 saturated carbocycles. The fraction of sp³-hybridized carbons (Fsp3) is 0. The molecule has 0 amide bonds. The highest BCUT2D eigenvalue weighted by atomic mass is 32.1. The first-order valence-electron chi connectivity index (χ1n) is 18.7. The van der Waals surface area contributed by atoms with Crippen LogP contribution in [-0.2, 0) is 0 Å². The summed E-state index contributed by atoms with van der Waals surface area (Å²) in [5.41, 5.74) is 10.1. The summed E-state index contributed by atoms with van der Waals surface area (Å²) in [6, 6.07) is 66.8. The summed E-state index contributed by atoms with van der Waals surface area (Å²) in [5.74, 6) is 1.96. The normalized spacial score (nSPS) is 11.6. The molecule has 0 saturated heterocycles. The number of hydrogen-bond donors (Lipinski definition) is 0. The van der Waals surface area contributed by atoms with Gasteiger partial charge in [-0.2, -0.15) is 0 Å². The minimum absolute atomic E-state index is 0.651. The highest BCUT2D eigenvalue weighted by molar-refractivity contribution is 7.26. The molecule has 0 aliphatic rings. The lowest BCUT2D eigenvalue weighted by atomic mass is 9.93. The summed E-state index contributed by atoms with van der Waals surface area (Å²) in [7, 11) is 0. The monoisotopic (exact) mass is 749 g/mol. The number of thiophene rings is 2. The first-order chi connectivity index (χ1) is 27.7. The molecule has 3 nitrogen and oxygen atoms in total. The average Bonchev–Trinajstić information content (AvgIpc) is 3.85. The third kappa shape index (κ3) is 5.68. The molecule has 0 radical (unpaired) electrons. The van der Waals surface area contributed by atoms with Crippen molar-refractivity contribution >= 4 is 63.0 Å². The van der Waals surface area contributed by atoms with Crippen molar-refractivity contribution in [1.82, 2.24) is 15.0 Å². The van der Waals surface area contributed by atoms with Crippen molar-refractivity contribution in [3.05, 3.63) is 188 Å². The second-order valence-corrected chi connectivity index (χ2v) is 16.1. The maximum atomic E-state index is 5.11. The van der Waals surface area contributed by atoms with E-state index in [1.54, 1.807) is 0 Å². The molecule has 56 heavy (non-hydrogen) atoms. The Balaban J connectivity index is 1.01. The van der Waals surface area contributed by atoms with E-state index < -0.39 is 0 Å². The molecule has 0 spiro atoms. The minimum Gasteiger partial charge on any atom is -0.208 e. The molecule has 0 fully saturated rings. The maximum absolute atomic E-state index is 5.11. The van der Waals surface area contributed by atoms with E-state index in [0.29, 0.717) is 17.5 Å². The van der Waals surface area contributed by atoms with Crippen LogP contribution in [0.2, 0.25) is 0 Å². The Hall–Kier alpha value is -6.79. The molecule has 5 heteroatoms. The van der Waals surface area contributed by atoms with Crippen LogP contribution >= 0.6 is 22.7 Å². The van der Waals surface area contributed by atoms with Crippen molar-refractivity contribution in [3.63, 3.8) is 0 Å². The standard InChI is InChI=1S/C51H31N3S2/c1-3-13-32(14-4-1)34-17-11-18-36(29-34)50-52-49(33-15-5-2-6-16-33)53-51(54-50)37-26-28-42-41-27-25-35(30-46(41)55-47(42)31-37)38-19-7-8-20-39(38)43-22-12-23-44-40-21-9-10-24-45(40)56-48(43)44/h1-31H. The van der Waals surface area contributed by atoms with Gasteiger partial charge < -0.3 is 0 Å². The quantitative estimate of drug-likeness (QED) is 0.170. The first-order valence-corrected chi connectivity index (χ1v) is 20.3. The molecular formula is C51H31N3S2. The molecular weight excluding hydrogens is 719 g/mol. The van der Waals surface area contributed by atoms with E-state index in [-0.39, 0.29) is 0 Å². The van der Waals surface area contributed by atoms with Crippen molar-refractivity contribution in [2.24, 2.45) is 0 Å². The highest BCUT2D eigenvalue weighted by Crippen LogP contribution is 2.44. The fourth-order valence-electron chi connectivity index (χ4n) is 7.83. The lowest BCUT2D eigenvalue weighted by Crippen LogP contribution is -2.00. The van der Waals surface area contributed by atoms with Crippen molar-refractivity contribution in [1.29, 1.82) is 0 Å². The Kier molecular flexibility index (Phi) is 7.87. The van der Waals surface area contributed by atoms with Gasteiger partial charge in [0, 0.05) is 62.6 Å². The number of hydrogen-bond acceptors (Lipinski definition) is 5. The van der Waals surface area contributed by atoms with Crippen LogP contribution in [0.3, 0.4) is 0 Å². The van der Waals surface area contributed by atoms with Crippen LogP contribution in [0, 0.1) is 0 Å².